The van der Waals surface area contributed by atoms with Gasteiger partial charge in [-0.25, -0.2) is 15.0 Å². The first-order valence-corrected chi connectivity index (χ1v) is 17.3. The Balaban J connectivity index is 1.24. The third-order valence-corrected chi connectivity index (χ3v) is 10.7. The molecule has 0 aliphatic carbocycles. The number of thiophene rings is 1. The summed E-state index contributed by atoms with van der Waals surface area (Å²) >= 11 is 1.83. The van der Waals surface area contributed by atoms with Gasteiger partial charge in [-0.1, -0.05) is 146 Å². The molecule has 0 saturated heterocycles. The minimum Gasteiger partial charge on any atom is -0.208 e. The van der Waals surface area contributed by atoms with Crippen LogP contribution in [0.4, 0.5) is 0 Å². The van der Waals surface area contributed by atoms with Crippen LogP contribution >= 0.6 is 11.3 Å². The zero-order chi connectivity index (χ0) is 32.3. The first kappa shape index (κ1) is 27.8. The van der Waals surface area contributed by atoms with E-state index in [0.29, 0.717) is 17.5 Å². The highest BCUT2D eigenvalue weighted by Gasteiger charge is 2.20. The molecule has 0 bridgehead atoms. The Morgan fingerprint density at radius 1 is 0.327 bits per heavy atom. The van der Waals surface area contributed by atoms with E-state index in [-0.39, 0.29) is 0 Å². The number of benzene rings is 8. The maximum Gasteiger partial charge on any atom is 0.164 e. The van der Waals surface area contributed by atoms with Crippen molar-refractivity contribution < 1.29 is 0 Å². The molecule has 228 valence electrons. The molecule has 0 saturated carbocycles. The Hall–Kier alpha value is -6.23. The molecule has 2 heterocycles. The number of rotatable bonds is 4. The van der Waals surface area contributed by atoms with Crippen LogP contribution in [0.5, 0.6) is 0 Å². The molecule has 0 atom stereocenters. The summed E-state index contributed by atoms with van der Waals surface area (Å²) in [6, 6.07) is 58.0. The summed E-state index contributed by atoms with van der Waals surface area (Å²) in [5.41, 5.74) is 5.33. The number of aromatic nitrogens is 3. The highest BCUT2D eigenvalue weighted by atomic mass is 32.1. The van der Waals surface area contributed by atoms with Crippen molar-refractivity contribution in [3.8, 4) is 45.3 Å². The summed E-state index contributed by atoms with van der Waals surface area (Å²) in [7, 11) is 0. The first-order chi connectivity index (χ1) is 24.3. The number of nitrogens with zero attached hydrogens (tertiary/aromatic N) is 3. The fourth-order valence-corrected chi connectivity index (χ4v) is 8.51. The predicted octanol–water partition coefficient (Wildman–Crippen LogP) is 12.4. The number of fused-ring (bicyclic) bond motifs is 9. The largest absolute Gasteiger partial charge is 0.208 e. The second kappa shape index (κ2) is 11.2. The molecule has 0 aliphatic heterocycles. The summed E-state index contributed by atoms with van der Waals surface area (Å²) in [4.78, 5) is 15.2. The van der Waals surface area contributed by atoms with Gasteiger partial charge in [-0.2, -0.15) is 0 Å². The topological polar surface area (TPSA) is 38.7 Å². The minimum atomic E-state index is 0.662. The van der Waals surface area contributed by atoms with Crippen LogP contribution < -0.4 is 0 Å². The molecule has 2 aromatic heterocycles. The molecule has 0 N–H and O–H groups in total. The first-order valence-electron chi connectivity index (χ1n) is 16.5. The molecule has 0 fully saturated rings. The summed E-state index contributed by atoms with van der Waals surface area (Å²) in [6.45, 7) is 0. The van der Waals surface area contributed by atoms with Gasteiger partial charge in [-0.15, -0.1) is 11.3 Å². The van der Waals surface area contributed by atoms with E-state index in [4.69, 9.17) is 15.0 Å². The van der Waals surface area contributed by atoms with Crippen LogP contribution in [0.3, 0.4) is 0 Å². The van der Waals surface area contributed by atoms with Crippen LogP contribution in [0.1, 0.15) is 0 Å². The second-order valence-corrected chi connectivity index (χ2v) is 13.4. The van der Waals surface area contributed by atoms with Crippen molar-refractivity contribution in [3.05, 3.63) is 164 Å². The Kier molecular flexibility index (Phi) is 6.36. The van der Waals surface area contributed by atoms with E-state index in [1.165, 1.54) is 63.6 Å². The summed E-state index contributed by atoms with van der Waals surface area (Å²) in [5.74, 6) is 1.99. The highest BCUT2D eigenvalue weighted by molar-refractivity contribution is 7.26. The van der Waals surface area contributed by atoms with Gasteiger partial charge >= 0.3 is 0 Å². The average molecular weight is 642 g/mol. The van der Waals surface area contributed by atoms with Gasteiger partial charge < -0.3 is 0 Å². The van der Waals surface area contributed by atoms with Gasteiger partial charge in [0.15, 0.2) is 17.5 Å². The van der Waals surface area contributed by atoms with Crippen molar-refractivity contribution in [2.24, 2.45) is 0 Å². The molecule has 4 heteroatoms. The van der Waals surface area contributed by atoms with Crippen molar-refractivity contribution in [1.29, 1.82) is 0 Å². The Morgan fingerprint density at radius 2 is 0.796 bits per heavy atom. The van der Waals surface area contributed by atoms with E-state index < -0.39 is 0 Å². The van der Waals surface area contributed by atoms with Gasteiger partial charge in [0, 0.05) is 36.9 Å². The van der Waals surface area contributed by atoms with E-state index >= 15 is 0 Å². The zero-order valence-electron chi connectivity index (χ0n) is 26.3. The van der Waals surface area contributed by atoms with Gasteiger partial charge in [0.25, 0.3) is 0 Å². The van der Waals surface area contributed by atoms with Gasteiger partial charge in [-0.3, -0.25) is 0 Å². The molecule has 10 aromatic rings. The Bertz CT molecular complexity index is 2780. The zero-order valence-corrected chi connectivity index (χ0v) is 27.2. The monoisotopic (exact) mass is 641 g/mol. The van der Waals surface area contributed by atoms with E-state index in [2.05, 4.69) is 127 Å². The van der Waals surface area contributed by atoms with E-state index in [0.717, 1.165) is 16.7 Å². The van der Waals surface area contributed by atoms with Crippen LogP contribution in [0, 0.1) is 0 Å². The minimum absolute atomic E-state index is 0.662. The third-order valence-electron chi connectivity index (χ3n) is 9.52. The lowest BCUT2D eigenvalue weighted by Crippen LogP contribution is -2.00. The standard InChI is InChI=1S/C45H27N3S/c1-3-13-28(14-4-1)43-46-44(29-15-5-2-6-16-29)48-45(47-43)38-26-25-31(42-41(38)37-21-11-12-22-40(37)49-42)30-23-24-36-34-19-8-7-17-32(34)33-18-9-10-20-35(33)39(36)27-30/h1-27H. The van der Waals surface area contributed by atoms with Gasteiger partial charge in [0.1, 0.15) is 0 Å². The van der Waals surface area contributed by atoms with Crippen molar-refractivity contribution in [2.45, 2.75) is 0 Å². The van der Waals surface area contributed by atoms with Crippen LogP contribution in [0.25, 0.3) is 97.8 Å². The normalized spacial score (nSPS) is 11.7. The maximum absolute atomic E-state index is 5.12. The van der Waals surface area contributed by atoms with E-state index in [1.807, 2.05) is 47.7 Å². The van der Waals surface area contributed by atoms with Crippen molar-refractivity contribution >= 4 is 63.8 Å². The summed E-state index contributed by atoms with van der Waals surface area (Å²) in [5, 5.41) is 10.0. The average Bonchev–Trinajstić information content (AvgIpc) is 3.58. The quantitative estimate of drug-likeness (QED) is 0.180. The molecule has 3 nitrogen and oxygen atoms in total. The van der Waals surface area contributed by atoms with Gasteiger partial charge in [-0.05, 0) is 61.6 Å². The molecular weight excluding hydrogens is 615 g/mol. The van der Waals surface area contributed by atoms with Crippen molar-refractivity contribution in [2.75, 3.05) is 0 Å². The molecule has 8 aromatic carbocycles. The molecule has 0 aliphatic rings. The maximum atomic E-state index is 5.12. The number of hydrogen-bond acceptors (Lipinski definition) is 4. The SMILES string of the molecule is c1ccc(-c2nc(-c3ccccc3)nc(-c3ccc(-c4ccc5c6ccccc6c6ccccc6c5c4)c4sc5ccccc5c34)n2)cc1. The van der Waals surface area contributed by atoms with Crippen LogP contribution in [-0.4, -0.2) is 15.0 Å². The molecule has 0 radical (unpaired) electrons. The van der Waals surface area contributed by atoms with Crippen LogP contribution in [0.2, 0.25) is 0 Å². The Morgan fingerprint density at radius 3 is 1.41 bits per heavy atom. The Labute approximate surface area is 286 Å². The van der Waals surface area contributed by atoms with Crippen molar-refractivity contribution in [1.82, 2.24) is 15.0 Å². The fourth-order valence-electron chi connectivity index (χ4n) is 7.25. The summed E-state index contributed by atoms with van der Waals surface area (Å²) < 4.78 is 2.47. The van der Waals surface area contributed by atoms with Crippen LogP contribution in [0.15, 0.2) is 164 Å². The molecule has 0 amide bonds. The third kappa shape index (κ3) is 4.53. The van der Waals surface area contributed by atoms with Crippen molar-refractivity contribution in [3.63, 3.8) is 0 Å². The molecule has 49 heavy (non-hydrogen) atoms. The van der Waals surface area contributed by atoms with Gasteiger partial charge in [0.2, 0.25) is 0 Å². The van der Waals surface area contributed by atoms with E-state index in [9.17, 15) is 0 Å². The highest BCUT2D eigenvalue weighted by Crippen LogP contribution is 2.46. The molecular formula is C45H27N3S. The lowest BCUT2D eigenvalue weighted by Gasteiger charge is -2.13. The van der Waals surface area contributed by atoms with Gasteiger partial charge in [0.05, 0.1) is 0 Å². The second-order valence-electron chi connectivity index (χ2n) is 12.4. The van der Waals surface area contributed by atoms with E-state index in [1.54, 1.807) is 0 Å². The fraction of sp³-hybridized carbons (Fsp3) is 0. The molecule has 10 rings (SSSR count). The van der Waals surface area contributed by atoms with Crippen LogP contribution in [-0.2, 0) is 0 Å². The molecule has 0 spiro atoms. The predicted molar refractivity (Wildman–Crippen MR) is 207 cm³/mol. The lowest BCUT2D eigenvalue weighted by atomic mass is 9.91. The lowest BCUT2D eigenvalue weighted by molar-refractivity contribution is 1.08. The summed E-state index contributed by atoms with van der Waals surface area (Å²) in [6.07, 6.45) is 0. The molecule has 0 unspecified atom stereocenters. The number of hydrogen-bond donors (Lipinski definition) is 0. The smallest absolute Gasteiger partial charge is 0.164 e.